The molecule has 1 N–H and O–H groups in total. The Morgan fingerprint density at radius 3 is 2.86 bits per heavy atom. The van der Waals surface area contributed by atoms with Gasteiger partial charge in [-0.15, -0.1) is 0 Å². The number of halogens is 1. The van der Waals surface area contributed by atoms with Gasteiger partial charge in [0.05, 0.1) is 10.5 Å². The fourth-order valence-electron chi connectivity index (χ4n) is 1.08. The van der Waals surface area contributed by atoms with Gasteiger partial charge in [0, 0.05) is 4.90 Å². The highest BCUT2D eigenvalue weighted by molar-refractivity contribution is 7.79. The van der Waals surface area contributed by atoms with Crippen molar-refractivity contribution in [3.63, 3.8) is 0 Å². The van der Waals surface area contributed by atoms with Crippen LogP contribution in [0.3, 0.4) is 0 Å². The van der Waals surface area contributed by atoms with E-state index < -0.39 is 16.8 Å². The van der Waals surface area contributed by atoms with Crippen LogP contribution < -0.4 is 5.76 Å². The topological polar surface area (TPSA) is 86.1 Å². The van der Waals surface area contributed by atoms with E-state index in [4.69, 9.17) is 11.6 Å². The minimum atomic E-state index is -2.45. The molecule has 14 heavy (non-hydrogen) atoms. The first kappa shape index (κ1) is 9.45. The maximum Gasteiger partial charge on any atom is 0.417 e. The van der Waals surface area contributed by atoms with Crippen LogP contribution in [0, 0.1) is 0 Å². The average molecular weight is 233 g/mol. The van der Waals surface area contributed by atoms with Crippen LogP contribution in [-0.2, 0) is 11.1 Å². The number of H-pyrrole nitrogens is 1. The molecule has 0 radical (unpaired) electrons. The van der Waals surface area contributed by atoms with Crippen molar-refractivity contribution in [2.45, 2.75) is 4.90 Å². The van der Waals surface area contributed by atoms with Gasteiger partial charge >= 0.3 is 5.76 Å². The van der Waals surface area contributed by atoms with E-state index in [1.807, 2.05) is 0 Å². The summed E-state index contributed by atoms with van der Waals surface area (Å²) in [6.45, 7) is 0. The van der Waals surface area contributed by atoms with E-state index in [1.54, 1.807) is 0 Å². The van der Waals surface area contributed by atoms with E-state index in [0.717, 1.165) is 0 Å². The van der Waals surface area contributed by atoms with Gasteiger partial charge in [-0.25, -0.2) is 4.79 Å². The van der Waals surface area contributed by atoms with Gasteiger partial charge in [-0.1, -0.05) is 11.6 Å². The molecule has 2 aromatic rings. The van der Waals surface area contributed by atoms with Crippen molar-refractivity contribution in [3.8, 4) is 0 Å². The van der Waals surface area contributed by atoms with Gasteiger partial charge < -0.3 is 8.97 Å². The van der Waals surface area contributed by atoms with E-state index in [9.17, 15) is 13.6 Å². The summed E-state index contributed by atoms with van der Waals surface area (Å²) in [5.74, 6) is -0.648. The molecule has 2 rings (SSSR count). The molecular weight excluding hydrogens is 230 g/mol. The number of aromatic amines is 1. The van der Waals surface area contributed by atoms with Crippen molar-refractivity contribution in [2.75, 3.05) is 0 Å². The summed E-state index contributed by atoms with van der Waals surface area (Å²) in [5.41, 5.74) is 0.535. The molecule has 0 amide bonds. The molecule has 1 aromatic heterocycles. The van der Waals surface area contributed by atoms with E-state index in [0.29, 0.717) is 5.52 Å². The lowest BCUT2D eigenvalue weighted by molar-refractivity contribution is 0.535. The number of rotatable bonds is 1. The highest BCUT2D eigenvalue weighted by Crippen LogP contribution is 2.24. The van der Waals surface area contributed by atoms with E-state index in [2.05, 4.69) is 9.40 Å². The van der Waals surface area contributed by atoms with Crippen LogP contribution in [0.25, 0.3) is 11.1 Å². The van der Waals surface area contributed by atoms with Crippen molar-refractivity contribution in [3.05, 3.63) is 27.7 Å². The number of fused-ring (bicyclic) bond motifs is 1. The van der Waals surface area contributed by atoms with Crippen molar-refractivity contribution in [1.29, 1.82) is 0 Å². The number of aromatic nitrogens is 1. The molecule has 1 atom stereocenters. The summed E-state index contributed by atoms with van der Waals surface area (Å²) in [6.07, 6.45) is 0. The van der Waals surface area contributed by atoms with Crippen LogP contribution in [-0.4, -0.2) is 13.7 Å². The molecule has 0 saturated heterocycles. The lowest BCUT2D eigenvalue weighted by Gasteiger charge is -2.05. The summed E-state index contributed by atoms with van der Waals surface area (Å²) in [7, 11) is 0. The molecule has 0 aliphatic rings. The van der Waals surface area contributed by atoms with Crippen molar-refractivity contribution in [1.82, 2.24) is 4.98 Å². The Kier molecular flexibility index (Phi) is 2.18. The highest BCUT2D eigenvalue weighted by atomic mass is 35.5. The van der Waals surface area contributed by atoms with Gasteiger partial charge in [-0.05, 0) is 23.2 Å². The highest BCUT2D eigenvalue weighted by Gasteiger charge is 2.07. The second kappa shape index (κ2) is 3.23. The third-order valence-electron chi connectivity index (χ3n) is 1.65. The molecule has 0 aliphatic heterocycles. The van der Waals surface area contributed by atoms with Crippen LogP contribution >= 0.6 is 11.6 Å². The predicted molar refractivity (Wildman–Crippen MR) is 49.0 cm³/mol. The third-order valence-corrected chi connectivity index (χ3v) is 2.77. The van der Waals surface area contributed by atoms with Crippen molar-refractivity contribution in [2.24, 2.45) is 0 Å². The molecule has 0 spiro atoms. The van der Waals surface area contributed by atoms with Gasteiger partial charge in [0.15, 0.2) is 5.58 Å². The molecule has 0 saturated carbocycles. The van der Waals surface area contributed by atoms with Crippen LogP contribution in [0.15, 0.2) is 26.2 Å². The SMILES string of the molecule is O=c1[nH]c2cc(Cl)c(S(=O)[O-])cc2o1. The molecule has 5 nitrogen and oxygen atoms in total. The Balaban J connectivity index is 2.82. The first-order valence-corrected chi connectivity index (χ1v) is 4.95. The molecule has 1 heterocycles. The van der Waals surface area contributed by atoms with Crippen LogP contribution in [0.2, 0.25) is 5.02 Å². The van der Waals surface area contributed by atoms with E-state index in [1.165, 1.54) is 12.1 Å². The summed E-state index contributed by atoms with van der Waals surface area (Å²) in [4.78, 5) is 13.0. The van der Waals surface area contributed by atoms with Crippen LogP contribution in [0.5, 0.6) is 0 Å². The third kappa shape index (κ3) is 1.47. The van der Waals surface area contributed by atoms with Gasteiger partial charge in [-0.3, -0.25) is 9.19 Å². The van der Waals surface area contributed by atoms with E-state index in [-0.39, 0.29) is 15.5 Å². The van der Waals surface area contributed by atoms with Gasteiger partial charge in [-0.2, -0.15) is 0 Å². The molecule has 0 fully saturated rings. The fourth-order valence-corrected chi connectivity index (χ4v) is 1.85. The summed E-state index contributed by atoms with van der Waals surface area (Å²) in [5, 5.41) is 0.0443. The standard InChI is InChI=1S/C7H4ClNO4S/c8-3-1-4-5(13-7(10)9-4)2-6(3)14(11)12/h1-2H,(H,9,10)(H,11,12)/p-1. The molecule has 7 heteroatoms. The second-order valence-electron chi connectivity index (χ2n) is 2.53. The second-order valence-corrected chi connectivity index (χ2v) is 3.84. The van der Waals surface area contributed by atoms with Crippen molar-refractivity contribution < 1.29 is 13.2 Å². The lowest BCUT2D eigenvalue weighted by atomic mass is 10.3. The molecular formula is C7H3ClNO4S-. The largest absolute Gasteiger partial charge is 0.768 e. The fraction of sp³-hybridized carbons (Fsp3) is 0. The van der Waals surface area contributed by atoms with Gasteiger partial charge in [0.1, 0.15) is 0 Å². The molecule has 74 valence electrons. The number of oxazole rings is 1. The van der Waals surface area contributed by atoms with Gasteiger partial charge in [0.25, 0.3) is 0 Å². The quantitative estimate of drug-likeness (QED) is 0.744. The molecule has 0 aliphatic carbocycles. The Bertz CT molecular complexity index is 573. The predicted octanol–water partition coefficient (Wildman–Crippen LogP) is 1.01. The van der Waals surface area contributed by atoms with E-state index >= 15 is 0 Å². The Morgan fingerprint density at radius 2 is 2.21 bits per heavy atom. The normalized spacial score (nSPS) is 13.3. The average Bonchev–Trinajstić information content (AvgIpc) is 2.42. The maximum atomic E-state index is 10.8. The minimum absolute atomic E-state index is 0.0443. The first-order valence-electron chi connectivity index (χ1n) is 3.49. The Hall–Kier alpha value is -1.11. The number of hydrogen-bond donors (Lipinski definition) is 1. The van der Waals surface area contributed by atoms with Gasteiger partial charge in [0.2, 0.25) is 0 Å². The first-order chi connectivity index (χ1) is 6.58. The monoisotopic (exact) mass is 232 g/mol. The number of hydrogen-bond acceptors (Lipinski definition) is 4. The smallest absolute Gasteiger partial charge is 0.417 e. The zero-order valence-corrected chi connectivity index (χ0v) is 8.15. The summed E-state index contributed by atoms with van der Waals surface area (Å²) >= 11 is 3.21. The molecule has 1 aromatic carbocycles. The zero-order chi connectivity index (χ0) is 10.3. The zero-order valence-electron chi connectivity index (χ0n) is 6.57. The molecule has 0 bridgehead atoms. The van der Waals surface area contributed by atoms with Crippen LogP contribution in [0.4, 0.5) is 0 Å². The Labute approximate surface area is 85.0 Å². The number of nitrogens with one attached hydrogen (secondary N) is 1. The number of benzene rings is 1. The summed E-state index contributed by atoms with van der Waals surface area (Å²) in [6, 6.07) is 2.52. The molecule has 1 unspecified atom stereocenters. The lowest BCUT2D eigenvalue weighted by Crippen LogP contribution is -1.92. The Morgan fingerprint density at radius 1 is 1.50 bits per heavy atom. The van der Waals surface area contributed by atoms with Crippen molar-refractivity contribution >= 4 is 33.8 Å². The maximum absolute atomic E-state index is 10.8. The summed E-state index contributed by atoms with van der Waals surface area (Å²) < 4.78 is 26.0. The minimum Gasteiger partial charge on any atom is -0.768 e. The van der Waals surface area contributed by atoms with Crippen LogP contribution in [0.1, 0.15) is 0 Å².